The first-order valence-corrected chi connectivity index (χ1v) is 10.6. The monoisotopic (exact) mass is 515 g/mol. The Balaban J connectivity index is 1.92. The highest BCUT2D eigenvalue weighted by Crippen LogP contribution is 2.40. The number of alkyl halides is 5. The van der Waals surface area contributed by atoms with E-state index in [2.05, 4.69) is 5.32 Å². The normalized spacial score (nSPS) is 17.4. The number of β-amino-alcohol motifs (C(OH)–C–C–N with tert-alkyl or cyclic N) is 1. The number of carbonyl (C=O) groups is 3. The van der Waals surface area contributed by atoms with E-state index in [4.69, 9.17) is 0 Å². The summed E-state index contributed by atoms with van der Waals surface area (Å²) in [5.74, 6) is -9.39. The Bertz CT molecular complexity index is 1170. The molecular formula is C23H22F5N3O5. The Morgan fingerprint density at radius 3 is 2.17 bits per heavy atom. The number of para-hydroxylation sites is 1. The maximum atomic E-state index is 13.5. The summed E-state index contributed by atoms with van der Waals surface area (Å²) in [5, 5.41) is 23.4. The van der Waals surface area contributed by atoms with E-state index in [1.165, 1.54) is 16.3 Å². The molecule has 0 radical (unpaired) electrons. The minimum absolute atomic E-state index is 0.167. The molecule has 13 heteroatoms. The smallest absolute Gasteiger partial charge is 0.395 e. The van der Waals surface area contributed by atoms with Crippen LogP contribution in [0.4, 0.5) is 27.6 Å². The van der Waals surface area contributed by atoms with Crippen LogP contribution in [0.1, 0.15) is 18.5 Å². The first-order valence-electron chi connectivity index (χ1n) is 10.6. The molecule has 194 valence electrons. The van der Waals surface area contributed by atoms with Crippen LogP contribution in [-0.4, -0.2) is 65.3 Å². The molecule has 4 N–H and O–H groups in total. The minimum Gasteiger partial charge on any atom is -0.395 e. The third kappa shape index (κ3) is 5.02. The van der Waals surface area contributed by atoms with Crippen molar-refractivity contribution in [3.8, 4) is 11.1 Å². The van der Waals surface area contributed by atoms with E-state index in [9.17, 15) is 46.5 Å². The highest BCUT2D eigenvalue weighted by molar-refractivity contribution is 6.11. The Morgan fingerprint density at radius 1 is 0.972 bits per heavy atom. The van der Waals surface area contributed by atoms with Gasteiger partial charge in [-0.2, -0.15) is 22.0 Å². The number of benzene rings is 2. The molecule has 0 bridgehead atoms. The van der Waals surface area contributed by atoms with Gasteiger partial charge < -0.3 is 25.7 Å². The van der Waals surface area contributed by atoms with Crippen molar-refractivity contribution in [1.82, 2.24) is 10.6 Å². The Labute approximate surface area is 201 Å². The van der Waals surface area contributed by atoms with Crippen LogP contribution in [0.25, 0.3) is 11.1 Å². The van der Waals surface area contributed by atoms with E-state index >= 15 is 0 Å². The maximum absolute atomic E-state index is 13.5. The van der Waals surface area contributed by atoms with Crippen molar-refractivity contribution in [1.29, 1.82) is 0 Å². The molecule has 0 aliphatic carbocycles. The van der Waals surface area contributed by atoms with E-state index < -0.39 is 54.6 Å². The van der Waals surface area contributed by atoms with Gasteiger partial charge in [0.25, 0.3) is 17.7 Å². The number of amides is 3. The second-order valence-corrected chi connectivity index (χ2v) is 8.18. The molecule has 3 rings (SSSR count). The van der Waals surface area contributed by atoms with Gasteiger partial charge in [0.05, 0.1) is 18.8 Å². The zero-order valence-corrected chi connectivity index (χ0v) is 18.8. The molecule has 1 aliphatic rings. The van der Waals surface area contributed by atoms with Crippen molar-refractivity contribution < 1.29 is 46.5 Å². The number of aliphatic hydroxyl groups excluding tert-OH is 1. The molecule has 1 unspecified atom stereocenters. The fourth-order valence-electron chi connectivity index (χ4n) is 3.65. The number of hydrogen-bond acceptors (Lipinski definition) is 5. The van der Waals surface area contributed by atoms with Gasteiger partial charge in [0.2, 0.25) is 5.60 Å². The summed E-state index contributed by atoms with van der Waals surface area (Å²) < 4.78 is 63.5. The van der Waals surface area contributed by atoms with Crippen molar-refractivity contribution >= 4 is 23.4 Å². The van der Waals surface area contributed by atoms with Gasteiger partial charge in [-0.25, -0.2) is 0 Å². The summed E-state index contributed by atoms with van der Waals surface area (Å²) in [6, 6.07) is 11.6. The summed E-state index contributed by atoms with van der Waals surface area (Å²) in [6.07, 6.45) is -5.96. The van der Waals surface area contributed by atoms with Crippen LogP contribution in [0, 0.1) is 0 Å². The quantitative estimate of drug-likeness (QED) is 0.332. The van der Waals surface area contributed by atoms with E-state index in [-0.39, 0.29) is 12.1 Å². The zero-order valence-electron chi connectivity index (χ0n) is 18.8. The lowest BCUT2D eigenvalue weighted by Crippen LogP contribution is -2.59. The molecule has 0 fully saturated rings. The lowest BCUT2D eigenvalue weighted by atomic mass is 9.94. The van der Waals surface area contributed by atoms with Gasteiger partial charge in [-0.15, -0.1) is 0 Å². The molecular weight excluding hydrogens is 493 g/mol. The third-order valence-electron chi connectivity index (χ3n) is 5.64. The minimum atomic E-state index is -5.96. The second-order valence-electron chi connectivity index (χ2n) is 8.18. The lowest BCUT2D eigenvalue weighted by molar-refractivity contribution is -0.278. The molecule has 3 amide bonds. The van der Waals surface area contributed by atoms with Crippen LogP contribution in [-0.2, 0) is 14.4 Å². The van der Waals surface area contributed by atoms with Crippen molar-refractivity contribution in [2.24, 2.45) is 0 Å². The largest absolute Gasteiger partial charge is 0.455 e. The molecule has 2 aromatic rings. The molecule has 0 saturated carbocycles. The van der Waals surface area contributed by atoms with Gasteiger partial charge in [-0.05, 0) is 24.1 Å². The summed E-state index contributed by atoms with van der Waals surface area (Å²) in [6.45, 7) is -2.22. The SMILES string of the molecule is CC(O)(C(=O)NCC(F)(F)C(F)(F)F)C(=O)N[C@@H]1C(=O)N(CCO)c2ccccc2-c2ccccc21. The van der Waals surface area contributed by atoms with Gasteiger partial charge in [-0.3, -0.25) is 14.4 Å². The number of fused-ring (bicyclic) bond motifs is 3. The number of nitrogens with one attached hydrogen (secondary N) is 2. The summed E-state index contributed by atoms with van der Waals surface area (Å²) in [7, 11) is 0. The van der Waals surface area contributed by atoms with E-state index in [0.29, 0.717) is 23.7 Å². The van der Waals surface area contributed by atoms with Gasteiger partial charge in [0.1, 0.15) is 6.04 Å². The Hall–Kier alpha value is -3.58. The van der Waals surface area contributed by atoms with Crippen LogP contribution < -0.4 is 15.5 Å². The first-order chi connectivity index (χ1) is 16.7. The van der Waals surface area contributed by atoms with Crippen LogP contribution in [0.15, 0.2) is 48.5 Å². The Morgan fingerprint density at radius 2 is 1.56 bits per heavy atom. The number of anilines is 1. The molecule has 36 heavy (non-hydrogen) atoms. The average Bonchev–Trinajstić information content (AvgIpc) is 2.91. The van der Waals surface area contributed by atoms with Gasteiger partial charge >= 0.3 is 12.1 Å². The number of hydrogen-bond donors (Lipinski definition) is 4. The summed E-state index contributed by atoms with van der Waals surface area (Å²) in [4.78, 5) is 39.7. The predicted octanol–water partition coefficient (Wildman–Crippen LogP) is 1.91. The topological polar surface area (TPSA) is 119 Å². The third-order valence-corrected chi connectivity index (χ3v) is 5.64. The number of rotatable bonds is 7. The molecule has 0 aromatic heterocycles. The molecule has 0 spiro atoms. The van der Waals surface area contributed by atoms with E-state index in [1.807, 2.05) is 0 Å². The van der Waals surface area contributed by atoms with Gasteiger partial charge in [0.15, 0.2) is 0 Å². The van der Waals surface area contributed by atoms with Crippen molar-refractivity contribution in [3.05, 3.63) is 54.1 Å². The van der Waals surface area contributed by atoms with Crippen LogP contribution in [0.3, 0.4) is 0 Å². The van der Waals surface area contributed by atoms with Crippen LogP contribution >= 0.6 is 0 Å². The molecule has 0 saturated heterocycles. The average molecular weight is 515 g/mol. The highest BCUT2D eigenvalue weighted by atomic mass is 19.4. The number of carbonyl (C=O) groups excluding carboxylic acids is 3. The maximum Gasteiger partial charge on any atom is 0.455 e. The fraction of sp³-hybridized carbons (Fsp3) is 0.348. The lowest BCUT2D eigenvalue weighted by Gasteiger charge is -2.29. The first kappa shape index (κ1) is 27.0. The second kappa shape index (κ2) is 9.82. The predicted molar refractivity (Wildman–Crippen MR) is 117 cm³/mol. The van der Waals surface area contributed by atoms with Crippen molar-refractivity contribution in [2.45, 2.75) is 30.7 Å². The van der Waals surface area contributed by atoms with E-state index in [1.54, 1.807) is 42.5 Å². The van der Waals surface area contributed by atoms with Crippen molar-refractivity contribution in [3.63, 3.8) is 0 Å². The standard InChI is InChI=1S/C23H22F5N3O5/c1-21(36,19(34)29-12-22(24,25)23(26,27)28)20(35)30-17-15-8-3-2-6-13(15)14-7-4-5-9-16(14)31(10-11-32)18(17)33/h2-9,17,32,36H,10-12H2,1H3,(H,29,34)(H,30,35)/t17-,21?/m0/s1. The molecule has 1 heterocycles. The highest BCUT2D eigenvalue weighted by Gasteiger charge is 2.58. The fourth-order valence-corrected chi connectivity index (χ4v) is 3.65. The van der Waals surface area contributed by atoms with Crippen LogP contribution in [0.2, 0.25) is 0 Å². The molecule has 2 aromatic carbocycles. The van der Waals surface area contributed by atoms with Crippen molar-refractivity contribution in [2.75, 3.05) is 24.6 Å². The van der Waals surface area contributed by atoms with Crippen LogP contribution in [0.5, 0.6) is 0 Å². The molecule has 8 nitrogen and oxygen atoms in total. The van der Waals surface area contributed by atoms with E-state index in [0.717, 1.165) is 0 Å². The molecule has 1 aliphatic heterocycles. The van der Waals surface area contributed by atoms with Gasteiger partial charge in [0, 0.05) is 12.1 Å². The Kier molecular flexibility index (Phi) is 7.37. The van der Waals surface area contributed by atoms with Gasteiger partial charge in [-0.1, -0.05) is 42.5 Å². The number of nitrogens with zero attached hydrogens (tertiary/aromatic N) is 1. The zero-order chi connectivity index (χ0) is 26.9. The number of halogens is 5. The summed E-state index contributed by atoms with van der Waals surface area (Å²) in [5.41, 5.74) is -1.33. The number of aliphatic hydroxyl groups is 2. The molecule has 2 atom stereocenters. The summed E-state index contributed by atoms with van der Waals surface area (Å²) >= 11 is 0.